The number of hydrogen-bond acceptors (Lipinski definition) is 5. The number of ether oxygens (including phenoxy) is 1. The van der Waals surface area contributed by atoms with Crippen LogP contribution in [0.3, 0.4) is 0 Å². The van der Waals surface area contributed by atoms with E-state index in [1.807, 2.05) is 77.8 Å². The minimum Gasteiger partial charge on any atom is -0.457 e. The van der Waals surface area contributed by atoms with Crippen LogP contribution in [-0.2, 0) is 10.8 Å². The summed E-state index contributed by atoms with van der Waals surface area (Å²) in [6, 6.07) is 33.3. The minimum atomic E-state index is -0.551. The zero-order chi connectivity index (χ0) is 56.8. The first-order valence-electron chi connectivity index (χ1n) is 28.6. The molecule has 0 radical (unpaired) electrons. The minimum absolute atomic E-state index is 0.0748. The summed E-state index contributed by atoms with van der Waals surface area (Å²) >= 11 is 0. The first-order valence-corrected chi connectivity index (χ1v) is 23.6. The summed E-state index contributed by atoms with van der Waals surface area (Å²) in [6.07, 6.45) is 1.86. The van der Waals surface area contributed by atoms with Crippen LogP contribution in [0.15, 0.2) is 186 Å². The fourth-order valence-corrected chi connectivity index (χ4v) is 10.2. The Hall–Kier alpha value is -8.09. The molecule has 6 nitrogen and oxygen atoms in total. The molecule has 0 N–H and O–H groups in total. The number of furan rings is 1. The van der Waals surface area contributed by atoms with Crippen LogP contribution in [0.2, 0.25) is 0 Å². The van der Waals surface area contributed by atoms with Gasteiger partial charge in [0.05, 0.1) is 47.2 Å². The molecule has 12 rings (SSSR count). The first kappa shape index (κ1) is 33.4. The molecule has 0 saturated carbocycles. The third-order valence-electron chi connectivity index (χ3n) is 13.6. The number of pyridine rings is 1. The summed E-state index contributed by atoms with van der Waals surface area (Å²) in [5.74, 6) is 1.90. The van der Waals surface area contributed by atoms with Gasteiger partial charge in [-0.25, -0.2) is 4.98 Å². The molecule has 0 fully saturated rings. The Kier molecular flexibility index (Phi) is 7.77. The van der Waals surface area contributed by atoms with Gasteiger partial charge in [-0.05, 0) is 125 Å². The molecule has 8 aromatic carbocycles. The number of hydrogen-bond donors (Lipinski definition) is 0. The topological polar surface area (TPSA) is 46.7 Å². The van der Waals surface area contributed by atoms with Gasteiger partial charge >= 0.3 is 0 Å². The van der Waals surface area contributed by atoms with Gasteiger partial charge in [0, 0.05) is 51.3 Å². The summed E-state index contributed by atoms with van der Waals surface area (Å²) in [5, 5.41) is 3.99. The van der Waals surface area contributed by atoms with Gasteiger partial charge in [0.15, 0.2) is 0 Å². The first-order chi connectivity index (χ1) is 37.9. The van der Waals surface area contributed by atoms with E-state index >= 15 is 0 Å². The van der Waals surface area contributed by atoms with Crippen molar-refractivity contribution in [3.63, 3.8) is 0 Å². The van der Waals surface area contributed by atoms with E-state index in [0.29, 0.717) is 34.0 Å². The Balaban J connectivity index is 1.05. The van der Waals surface area contributed by atoms with E-state index in [9.17, 15) is 5.48 Å². The fraction of sp³-hybridized carbons (Fsp3) is 0.172. The average Bonchev–Trinajstić information content (AvgIpc) is 2.82. The second kappa shape index (κ2) is 16.3. The quantitative estimate of drug-likeness (QED) is 0.159. The van der Waals surface area contributed by atoms with E-state index in [2.05, 4.69) is 93.5 Å². The van der Waals surface area contributed by atoms with Gasteiger partial charge in [0.1, 0.15) is 35.2 Å². The van der Waals surface area contributed by atoms with Crippen molar-refractivity contribution < 1.29 is 22.9 Å². The molecule has 0 spiro atoms. The van der Waals surface area contributed by atoms with E-state index in [-0.39, 0.29) is 39.8 Å². The molecule has 0 saturated heterocycles. The lowest BCUT2D eigenvalue weighted by atomic mass is 9.86. The molecule has 1 aliphatic heterocycles. The number of aromatic nitrogens is 2. The van der Waals surface area contributed by atoms with Crippen molar-refractivity contribution >= 4 is 66.5 Å². The lowest BCUT2D eigenvalue weighted by molar-refractivity contribution is 0.479. The van der Waals surface area contributed by atoms with Crippen molar-refractivity contribution in [2.24, 2.45) is 0 Å². The van der Waals surface area contributed by atoms with Crippen LogP contribution >= 0.6 is 0 Å². The van der Waals surface area contributed by atoms with Crippen LogP contribution in [0.25, 0.3) is 71.8 Å². The molecule has 6 heteroatoms. The van der Waals surface area contributed by atoms with Crippen molar-refractivity contribution in [3.8, 4) is 39.6 Å². The number of rotatable bonds is 7. The summed E-state index contributed by atoms with van der Waals surface area (Å²) in [7, 11) is 0. The van der Waals surface area contributed by atoms with Gasteiger partial charge in [-0.3, -0.25) is 4.57 Å². The van der Waals surface area contributed by atoms with Crippen LogP contribution in [0.1, 0.15) is 77.5 Å². The van der Waals surface area contributed by atoms with Crippen molar-refractivity contribution in [1.82, 2.24) is 9.55 Å². The predicted octanol–water partition coefficient (Wildman–Crippen LogP) is 17.7. The molecule has 11 aromatic rings. The van der Waals surface area contributed by atoms with Crippen molar-refractivity contribution in [1.29, 1.82) is 0 Å². The summed E-state index contributed by atoms with van der Waals surface area (Å²) in [6.45, 7) is 16.7. The molecule has 0 bridgehead atoms. The van der Waals surface area contributed by atoms with Crippen LogP contribution in [0.5, 0.6) is 11.5 Å². The molecule has 0 aliphatic carbocycles. The van der Waals surface area contributed by atoms with Crippen molar-refractivity contribution in [2.45, 2.75) is 66.2 Å². The molecule has 0 amide bonds. The maximum atomic E-state index is 9.29. The predicted molar refractivity (Wildman–Crippen MR) is 292 cm³/mol. The van der Waals surface area contributed by atoms with Gasteiger partial charge in [-0.15, -0.1) is 0 Å². The molecule has 4 heterocycles. The van der Waals surface area contributed by atoms with E-state index in [4.69, 9.17) is 22.4 Å². The van der Waals surface area contributed by atoms with E-state index < -0.39 is 60.4 Å². The number of aryl methyl sites for hydroxylation is 2. The summed E-state index contributed by atoms with van der Waals surface area (Å²) in [4.78, 5) is 9.03. The number of fused-ring (bicyclic) bond motifs is 8. The summed E-state index contributed by atoms with van der Waals surface area (Å²) in [5.41, 5.74) is 9.01. The van der Waals surface area contributed by atoms with Crippen molar-refractivity contribution in [3.05, 3.63) is 204 Å². The van der Waals surface area contributed by atoms with Crippen LogP contribution in [0, 0.1) is 13.8 Å². The summed E-state index contributed by atoms with van der Waals surface area (Å²) < 4.78 is 105. The molecular formula is C64H56N4O2. The number of benzene rings is 8. The van der Waals surface area contributed by atoms with Crippen LogP contribution in [-0.4, -0.2) is 16.2 Å². The fourth-order valence-electron chi connectivity index (χ4n) is 10.2. The normalized spacial score (nSPS) is 15.0. The Morgan fingerprint density at radius 1 is 0.571 bits per heavy atom. The van der Waals surface area contributed by atoms with Crippen molar-refractivity contribution in [2.75, 3.05) is 16.5 Å². The Labute approximate surface area is 424 Å². The highest BCUT2D eigenvalue weighted by atomic mass is 16.5. The molecular weight excluding hydrogens is 857 g/mol. The number of anilines is 4. The standard InChI is InChI=1S/C64H56N4O2/c1-40-33-41(2)59(43-21-13-10-14-22-43)61(58(40)42-19-11-9-12-20-42)67-39-66(52-24-16-17-25-53(52)67)46-34-45(64(6,7)8)35-48(37-46)69-47-27-28-51-55(38-47)68(57-36-44(31-32-65-57)63(3,4)5)54-30-29-50-49-23-15-18-26-56(49)70-62(50)60(51)54/h9-38H,39H2,1-8H3/i9D,10D,11D,12D,13D,14D,19D,20D,21D,22D. The monoisotopic (exact) mass is 923 g/mol. The lowest BCUT2D eigenvalue weighted by Gasteiger charge is -2.30. The van der Waals surface area contributed by atoms with Gasteiger partial charge in [-0.1, -0.05) is 138 Å². The Bertz CT molecular complexity index is 4300. The molecule has 0 unspecified atom stereocenters. The lowest BCUT2D eigenvalue weighted by Crippen LogP contribution is -2.25. The molecule has 3 aromatic heterocycles. The maximum Gasteiger partial charge on any atom is 0.145 e. The van der Waals surface area contributed by atoms with E-state index in [1.165, 1.54) is 0 Å². The van der Waals surface area contributed by atoms with Gasteiger partial charge in [0.2, 0.25) is 0 Å². The van der Waals surface area contributed by atoms with Gasteiger partial charge in [-0.2, -0.15) is 0 Å². The Morgan fingerprint density at radius 2 is 1.21 bits per heavy atom. The zero-order valence-electron chi connectivity index (χ0n) is 50.4. The SMILES string of the molecule is [2H]c1c([2H])c([2H])c(-c2c(C)cc(C)c(-c3c([2H])c([2H])c([2H])c([2H])c3[2H])c2N2CN(c3cc(Oc4ccc5c6c7oc8ccccc8c7ccc6n(-c6cc(C(C)(C)C)ccn6)c5c4)cc(C(C)(C)C)c3)c3ccccc32)c([2H])c1[2H]. The molecule has 70 heavy (non-hydrogen) atoms. The number of para-hydroxylation sites is 3. The third kappa shape index (κ3) is 7.20. The highest BCUT2D eigenvalue weighted by molar-refractivity contribution is 6.24. The largest absolute Gasteiger partial charge is 0.457 e. The molecule has 0 atom stereocenters. The van der Waals surface area contributed by atoms with E-state index in [1.54, 1.807) is 19.9 Å². The van der Waals surface area contributed by atoms with Gasteiger partial charge in [0.25, 0.3) is 0 Å². The highest BCUT2D eigenvalue weighted by Gasteiger charge is 2.34. The molecule has 1 aliphatic rings. The average molecular weight is 923 g/mol. The molecule has 344 valence electrons. The van der Waals surface area contributed by atoms with Gasteiger partial charge < -0.3 is 19.0 Å². The maximum absolute atomic E-state index is 9.29. The smallest absolute Gasteiger partial charge is 0.145 e. The Morgan fingerprint density at radius 3 is 1.90 bits per heavy atom. The second-order valence-electron chi connectivity index (χ2n) is 20.3. The second-order valence-corrected chi connectivity index (χ2v) is 20.3. The van der Waals surface area contributed by atoms with E-state index in [0.717, 1.165) is 72.1 Å². The third-order valence-corrected chi connectivity index (χ3v) is 13.6. The highest BCUT2D eigenvalue weighted by Crippen LogP contribution is 2.53. The zero-order valence-corrected chi connectivity index (χ0v) is 40.4. The van der Waals surface area contributed by atoms with Crippen LogP contribution < -0.4 is 14.5 Å². The number of nitrogens with zero attached hydrogens (tertiary/aromatic N) is 4. The van der Waals surface area contributed by atoms with Crippen LogP contribution in [0.4, 0.5) is 22.7 Å².